The van der Waals surface area contributed by atoms with Gasteiger partial charge in [0, 0.05) is 25.2 Å². The Bertz CT molecular complexity index is 863. The Kier molecular flexibility index (Phi) is 4.41. The number of nitrogens with one attached hydrogen (secondary N) is 1. The quantitative estimate of drug-likeness (QED) is 0.813. The molecule has 1 aromatic heterocycles. The molecule has 0 saturated carbocycles. The van der Waals surface area contributed by atoms with E-state index in [2.05, 4.69) is 10.4 Å². The average Bonchev–Trinajstić information content (AvgIpc) is 3.18. The average molecular weight is 382 g/mol. The van der Waals surface area contributed by atoms with Crippen LogP contribution in [0.15, 0.2) is 30.5 Å². The number of rotatable bonds is 2. The molecule has 27 heavy (non-hydrogen) atoms. The largest absolute Gasteiger partial charge is 0.434 e. The molecule has 5 nitrogen and oxygen atoms in total. The zero-order chi connectivity index (χ0) is 19.2. The molecule has 2 unspecified atom stereocenters. The van der Waals surface area contributed by atoms with Gasteiger partial charge in [-0.25, -0.2) is 9.07 Å². The number of benzene rings is 1. The van der Waals surface area contributed by atoms with Gasteiger partial charge < -0.3 is 10.2 Å². The van der Waals surface area contributed by atoms with Crippen LogP contribution in [0, 0.1) is 5.82 Å². The van der Waals surface area contributed by atoms with Gasteiger partial charge in [0.15, 0.2) is 5.69 Å². The van der Waals surface area contributed by atoms with Crippen molar-refractivity contribution in [2.24, 2.45) is 0 Å². The number of amides is 1. The van der Waals surface area contributed by atoms with E-state index in [4.69, 9.17) is 0 Å². The van der Waals surface area contributed by atoms with E-state index in [-0.39, 0.29) is 11.7 Å². The Morgan fingerprint density at radius 2 is 1.89 bits per heavy atom. The van der Waals surface area contributed by atoms with Gasteiger partial charge >= 0.3 is 6.18 Å². The fraction of sp³-hybridized carbons (Fsp3) is 0.444. The molecule has 144 valence electrons. The lowest BCUT2D eigenvalue weighted by Gasteiger charge is -2.24. The van der Waals surface area contributed by atoms with Crippen LogP contribution in [0.1, 0.15) is 35.3 Å². The number of para-hydroxylation sites is 1. The number of carbonyl (C=O) groups excluding carboxylic acids is 1. The van der Waals surface area contributed by atoms with Crippen LogP contribution in [0.2, 0.25) is 0 Å². The lowest BCUT2D eigenvalue weighted by molar-refractivity contribution is -0.143. The molecular weight excluding hydrogens is 364 g/mol. The molecule has 2 atom stereocenters. The Morgan fingerprint density at radius 1 is 1.15 bits per heavy atom. The summed E-state index contributed by atoms with van der Waals surface area (Å²) in [6.07, 6.45) is -1.35. The molecule has 9 heteroatoms. The van der Waals surface area contributed by atoms with Crippen molar-refractivity contribution in [3.63, 3.8) is 0 Å². The fourth-order valence-corrected chi connectivity index (χ4v) is 3.88. The van der Waals surface area contributed by atoms with Crippen molar-refractivity contribution < 1.29 is 22.4 Å². The third kappa shape index (κ3) is 3.31. The van der Waals surface area contributed by atoms with Gasteiger partial charge in [-0.05, 0) is 31.4 Å². The van der Waals surface area contributed by atoms with E-state index in [0.29, 0.717) is 30.2 Å². The Hall–Kier alpha value is -2.42. The zero-order valence-electron chi connectivity index (χ0n) is 14.3. The van der Waals surface area contributed by atoms with Gasteiger partial charge in [0.05, 0.1) is 11.8 Å². The summed E-state index contributed by atoms with van der Waals surface area (Å²) in [5, 5.41) is 7.08. The molecule has 3 heterocycles. The van der Waals surface area contributed by atoms with Crippen LogP contribution < -0.4 is 5.32 Å². The van der Waals surface area contributed by atoms with Gasteiger partial charge in [0.1, 0.15) is 11.5 Å². The first-order chi connectivity index (χ1) is 12.8. The number of hydrogen-bond donors (Lipinski definition) is 1. The number of hydrogen-bond acceptors (Lipinski definition) is 3. The Balaban J connectivity index is 1.73. The van der Waals surface area contributed by atoms with E-state index in [0.717, 1.165) is 25.1 Å². The Labute approximate surface area is 153 Å². The predicted molar refractivity (Wildman–Crippen MR) is 89.0 cm³/mol. The molecule has 2 saturated heterocycles. The van der Waals surface area contributed by atoms with Crippen LogP contribution in [0.5, 0.6) is 0 Å². The van der Waals surface area contributed by atoms with Crippen LogP contribution in [0.4, 0.5) is 17.6 Å². The summed E-state index contributed by atoms with van der Waals surface area (Å²) < 4.78 is 55.7. The van der Waals surface area contributed by atoms with E-state index < -0.39 is 29.2 Å². The van der Waals surface area contributed by atoms with Crippen molar-refractivity contribution in [3.8, 4) is 5.69 Å². The highest BCUT2D eigenvalue weighted by Gasteiger charge is 2.42. The molecule has 2 aliphatic heterocycles. The van der Waals surface area contributed by atoms with Crippen LogP contribution in [0.3, 0.4) is 0 Å². The van der Waals surface area contributed by atoms with Crippen LogP contribution in [-0.2, 0) is 6.18 Å². The number of halogens is 4. The summed E-state index contributed by atoms with van der Waals surface area (Å²) in [5.41, 5.74) is -2.15. The van der Waals surface area contributed by atoms with Gasteiger partial charge in [-0.3, -0.25) is 4.79 Å². The monoisotopic (exact) mass is 382 g/mol. The predicted octanol–water partition coefficient (Wildman–Crippen LogP) is 3.00. The lowest BCUT2D eigenvalue weighted by Crippen LogP contribution is -2.39. The minimum Gasteiger partial charge on any atom is -0.337 e. The first kappa shape index (κ1) is 18.0. The third-order valence-corrected chi connectivity index (χ3v) is 5.16. The van der Waals surface area contributed by atoms with Gasteiger partial charge in [-0.15, -0.1) is 0 Å². The number of alkyl halides is 3. The number of nitrogens with zero attached hydrogens (tertiary/aromatic N) is 3. The molecular formula is C18H18F4N4O. The second kappa shape index (κ2) is 6.63. The van der Waals surface area contributed by atoms with Gasteiger partial charge in [0.2, 0.25) is 0 Å². The van der Waals surface area contributed by atoms with Gasteiger partial charge in [-0.2, -0.15) is 18.3 Å². The molecule has 2 bridgehead atoms. The highest BCUT2D eigenvalue weighted by molar-refractivity contribution is 5.95. The van der Waals surface area contributed by atoms with Crippen LogP contribution in [0.25, 0.3) is 5.69 Å². The second-order valence-electron chi connectivity index (χ2n) is 6.95. The standard InChI is InChI=1S/C18H18F4N4O/c19-14-3-1-2-4-15(14)26-16(18(20,21)22)13(9-23-26)17(27)25-8-7-11-5-6-12(10-25)24-11/h1-4,9,11-12,24H,5-8,10H2. The number of likely N-dealkylation sites (tertiary alicyclic amines) is 1. The smallest absolute Gasteiger partial charge is 0.337 e. The number of carbonyl (C=O) groups is 1. The maximum Gasteiger partial charge on any atom is 0.434 e. The minimum absolute atomic E-state index is 0.0948. The van der Waals surface area contributed by atoms with Crippen molar-refractivity contribution in [1.82, 2.24) is 20.0 Å². The van der Waals surface area contributed by atoms with E-state index in [9.17, 15) is 22.4 Å². The molecule has 2 aromatic rings. The normalized spacial score (nSPS) is 22.7. The summed E-state index contributed by atoms with van der Waals surface area (Å²) in [4.78, 5) is 14.3. The van der Waals surface area contributed by atoms with Crippen molar-refractivity contribution in [3.05, 3.63) is 47.5 Å². The summed E-state index contributed by atoms with van der Waals surface area (Å²) in [7, 11) is 0. The SMILES string of the molecule is O=C(c1cnn(-c2ccccc2F)c1C(F)(F)F)N1CCC2CCC(C1)N2. The van der Waals surface area contributed by atoms with Crippen molar-refractivity contribution in [2.75, 3.05) is 13.1 Å². The molecule has 0 spiro atoms. The summed E-state index contributed by atoms with van der Waals surface area (Å²) in [6, 6.07) is 5.43. The highest BCUT2D eigenvalue weighted by atomic mass is 19.4. The van der Waals surface area contributed by atoms with E-state index in [1.807, 2.05) is 0 Å². The molecule has 2 aliphatic rings. The molecule has 4 rings (SSSR count). The third-order valence-electron chi connectivity index (χ3n) is 5.16. The first-order valence-electron chi connectivity index (χ1n) is 8.80. The van der Waals surface area contributed by atoms with Gasteiger partial charge in [-0.1, -0.05) is 12.1 Å². The molecule has 1 aromatic carbocycles. The zero-order valence-corrected chi connectivity index (χ0v) is 14.3. The number of aromatic nitrogens is 2. The maximum atomic E-state index is 14.0. The molecule has 1 amide bonds. The van der Waals surface area contributed by atoms with Crippen LogP contribution in [-0.4, -0.2) is 45.8 Å². The van der Waals surface area contributed by atoms with Crippen molar-refractivity contribution in [1.29, 1.82) is 0 Å². The summed E-state index contributed by atoms with van der Waals surface area (Å²) in [6.45, 7) is 0.743. The first-order valence-corrected chi connectivity index (χ1v) is 8.80. The maximum absolute atomic E-state index is 14.0. The van der Waals surface area contributed by atoms with Crippen molar-refractivity contribution >= 4 is 5.91 Å². The topological polar surface area (TPSA) is 50.2 Å². The van der Waals surface area contributed by atoms with E-state index in [1.54, 1.807) is 0 Å². The van der Waals surface area contributed by atoms with Crippen LogP contribution >= 0.6 is 0 Å². The number of fused-ring (bicyclic) bond motifs is 2. The molecule has 1 N–H and O–H groups in total. The highest BCUT2D eigenvalue weighted by Crippen LogP contribution is 2.35. The Morgan fingerprint density at radius 3 is 2.63 bits per heavy atom. The van der Waals surface area contributed by atoms with Gasteiger partial charge in [0.25, 0.3) is 5.91 Å². The fourth-order valence-electron chi connectivity index (χ4n) is 3.88. The molecule has 0 radical (unpaired) electrons. The summed E-state index contributed by atoms with van der Waals surface area (Å²) in [5.74, 6) is -1.57. The molecule has 2 fully saturated rings. The van der Waals surface area contributed by atoms with E-state index >= 15 is 0 Å². The van der Waals surface area contributed by atoms with Crippen molar-refractivity contribution in [2.45, 2.75) is 37.5 Å². The lowest BCUT2D eigenvalue weighted by atomic mass is 10.1. The molecule has 0 aliphatic carbocycles. The second-order valence-corrected chi connectivity index (χ2v) is 6.95. The van der Waals surface area contributed by atoms with E-state index in [1.165, 1.54) is 23.1 Å². The minimum atomic E-state index is -4.85. The summed E-state index contributed by atoms with van der Waals surface area (Å²) >= 11 is 0.